The Morgan fingerprint density at radius 1 is 0.875 bits per heavy atom. The van der Waals surface area contributed by atoms with Crippen LogP contribution in [0, 0.1) is 0 Å². The molecular formula is C35H44ClN3O8S. The van der Waals surface area contributed by atoms with Gasteiger partial charge in [0.05, 0.1) is 39.0 Å². The first-order valence-electron chi connectivity index (χ1n) is 15.9. The molecule has 13 heteroatoms. The standard InChI is InChI=1S/C35H44ClN3O8S/c1-6-29(35(41)37-25-13-8-7-9-14-25)38(22-24-12-10-11-15-28(24)36)34(40)23-39(30-20-26(44-2)16-18-31(30)45-3)48(42,43)27-17-19-32(46-4)33(21-27)47-5/h10-12,15-21,25,29H,6-9,13-14,22-23H2,1-5H3,(H,37,41)/t29-/m0/s1. The van der Waals surface area contributed by atoms with Gasteiger partial charge in [0.25, 0.3) is 10.0 Å². The number of sulfonamides is 1. The second-order valence-corrected chi connectivity index (χ2v) is 13.7. The predicted octanol–water partition coefficient (Wildman–Crippen LogP) is 5.83. The highest BCUT2D eigenvalue weighted by Crippen LogP contribution is 2.38. The Morgan fingerprint density at radius 2 is 1.54 bits per heavy atom. The zero-order valence-electron chi connectivity index (χ0n) is 28.0. The zero-order valence-corrected chi connectivity index (χ0v) is 29.6. The third-order valence-electron chi connectivity index (χ3n) is 8.51. The van der Waals surface area contributed by atoms with Crippen molar-refractivity contribution in [3.8, 4) is 23.0 Å². The molecule has 0 aromatic heterocycles. The maximum absolute atomic E-state index is 14.6. The lowest BCUT2D eigenvalue weighted by atomic mass is 9.95. The van der Waals surface area contributed by atoms with Gasteiger partial charge >= 0.3 is 0 Å². The average molecular weight is 702 g/mol. The van der Waals surface area contributed by atoms with E-state index in [9.17, 15) is 18.0 Å². The summed E-state index contributed by atoms with van der Waals surface area (Å²) in [7, 11) is 1.23. The van der Waals surface area contributed by atoms with Crippen molar-refractivity contribution < 1.29 is 37.0 Å². The first kappa shape index (κ1) is 36.7. The summed E-state index contributed by atoms with van der Waals surface area (Å²) in [4.78, 5) is 29.6. The normalized spacial score (nSPS) is 14.0. The van der Waals surface area contributed by atoms with Gasteiger partial charge in [-0.05, 0) is 55.2 Å². The molecule has 1 aliphatic rings. The van der Waals surface area contributed by atoms with Crippen LogP contribution < -0.4 is 28.6 Å². The van der Waals surface area contributed by atoms with Crippen molar-refractivity contribution in [1.82, 2.24) is 10.2 Å². The van der Waals surface area contributed by atoms with Gasteiger partial charge in [-0.25, -0.2) is 8.42 Å². The van der Waals surface area contributed by atoms with Crippen LogP contribution in [0.5, 0.6) is 23.0 Å². The van der Waals surface area contributed by atoms with Crippen molar-refractivity contribution in [3.63, 3.8) is 0 Å². The fourth-order valence-electron chi connectivity index (χ4n) is 5.88. The van der Waals surface area contributed by atoms with Gasteiger partial charge in [0.1, 0.15) is 24.1 Å². The van der Waals surface area contributed by atoms with E-state index in [1.165, 1.54) is 57.6 Å². The van der Waals surface area contributed by atoms with Gasteiger partial charge in [0.2, 0.25) is 11.8 Å². The van der Waals surface area contributed by atoms with Crippen LogP contribution in [0.1, 0.15) is 51.0 Å². The van der Waals surface area contributed by atoms with E-state index in [-0.39, 0.29) is 40.6 Å². The van der Waals surface area contributed by atoms with Gasteiger partial charge in [-0.15, -0.1) is 0 Å². The summed E-state index contributed by atoms with van der Waals surface area (Å²) >= 11 is 6.54. The Balaban J connectivity index is 1.82. The minimum atomic E-state index is -4.47. The van der Waals surface area contributed by atoms with E-state index >= 15 is 0 Å². The van der Waals surface area contributed by atoms with Crippen molar-refractivity contribution in [2.45, 2.75) is 69.0 Å². The number of hydrogen-bond donors (Lipinski definition) is 1. The van der Waals surface area contributed by atoms with Crippen LogP contribution in [-0.4, -0.2) is 72.2 Å². The highest BCUT2D eigenvalue weighted by atomic mass is 35.5. The van der Waals surface area contributed by atoms with Gasteiger partial charge in [-0.1, -0.05) is 56.0 Å². The van der Waals surface area contributed by atoms with Crippen molar-refractivity contribution in [1.29, 1.82) is 0 Å². The molecule has 0 spiro atoms. The Morgan fingerprint density at radius 3 is 2.17 bits per heavy atom. The number of amides is 2. The molecule has 1 saturated carbocycles. The molecule has 3 aromatic rings. The smallest absolute Gasteiger partial charge is 0.265 e. The fraction of sp³-hybridized carbons (Fsp3) is 0.429. The molecule has 1 fully saturated rings. The van der Waals surface area contributed by atoms with Gasteiger partial charge < -0.3 is 29.2 Å². The molecule has 0 heterocycles. The van der Waals surface area contributed by atoms with E-state index in [4.69, 9.17) is 30.5 Å². The number of anilines is 1. The minimum absolute atomic E-state index is 0.0144. The van der Waals surface area contributed by atoms with E-state index in [0.717, 1.165) is 36.4 Å². The number of hydrogen-bond acceptors (Lipinski definition) is 8. The molecule has 4 rings (SSSR count). The minimum Gasteiger partial charge on any atom is -0.497 e. The first-order valence-corrected chi connectivity index (χ1v) is 17.7. The summed E-state index contributed by atoms with van der Waals surface area (Å²) in [6.07, 6.45) is 5.20. The van der Waals surface area contributed by atoms with Crippen LogP contribution in [0.25, 0.3) is 0 Å². The molecule has 1 aliphatic carbocycles. The molecule has 1 N–H and O–H groups in total. The van der Waals surface area contributed by atoms with Crippen LogP contribution in [0.3, 0.4) is 0 Å². The highest BCUT2D eigenvalue weighted by Gasteiger charge is 2.36. The summed E-state index contributed by atoms with van der Waals surface area (Å²) in [6.45, 7) is 1.13. The summed E-state index contributed by atoms with van der Waals surface area (Å²) < 4.78 is 51.7. The monoisotopic (exact) mass is 701 g/mol. The summed E-state index contributed by atoms with van der Waals surface area (Å²) in [5, 5.41) is 3.56. The summed E-state index contributed by atoms with van der Waals surface area (Å²) in [5.41, 5.74) is 0.682. The fourth-order valence-corrected chi connectivity index (χ4v) is 7.51. The molecular weight excluding hydrogens is 658 g/mol. The van der Waals surface area contributed by atoms with Crippen LogP contribution in [0.15, 0.2) is 65.6 Å². The van der Waals surface area contributed by atoms with Crippen LogP contribution in [-0.2, 0) is 26.2 Å². The number of nitrogens with zero attached hydrogens (tertiary/aromatic N) is 2. The predicted molar refractivity (Wildman–Crippen MR) is 185 cm³/mol. The largest absolute Gasteiger partial charge is 0.497 e. The van der Waals surface area contributed by atoms with E-state index in [0.29, 0.717) is 28.5 Å². The Bertz CT molecular complexity index is 1680. The molecule has 2 amide bonds. The quantitative estimate of drug-likeness (QED) is 0.210. The second-order valence-electron chi connectivity index (χ2n) is 11.4. The molecule has 48 heavy (non-hydrogen) atoms. The number of benzene rings is 3. The van der Waals surface area contributed by atoms with Crippen molar-refractivity contribution in [2.75, 3.05) is 39.3 Å². The second kappa shape index (κ2) is 16.8. The lowest BCUT2D eigenvalue weighted by Gasteiger charge is -2.35. The summed E-state index contributed by atoms with van der Waals surface area (Å²) in [5.74, 6) is 0.142. The third kappa shape index (κ3) is 8.46. The molecule has 11 nitrogen and oxygen atoms in total. The topological polar surface area (TPSA) is 124 Å². The molecule has 0 radical (unpaired) electrons. The number of rotatable bonds is 15. The number of ether oxygens (including phenoxy) is 4. The number of carbonyl (C=O) groups is 2. The van der Waals surface area contributed by atoms with Crippen molar-refractivity contribution >= 4 is 39.1 Å². The summed E-state index contributed by atoms with van der Waals surface area (Å²) in [6, 6.07) is 15.0. The van der Waals surface area contributed by atoms with Gasteiger partial charge in [-0.2, -0.15) is 0 Å². The maximum atomic E-state index is 14.6. The van der Waals surface area contributed by atoms with Gasteiger partial charge in [-0.3, -0.25) is 13.9 Å². The number of halogens is 1. The van der Waals surface area contributed by atoms with Crippen LogP contribution in [0.2, 0.25) is 5.02 Å². The SMILES string of the molecule is CC[C@@H](C(=O)NC1CCCCC1)N(Cc1ccccc1Cl)C(=O)CN(c1cc(OC)ccc1OC)S(=O)(=O)c1ccc(OC)c(OC)c1. The average Bonchev–Trinajstić information content (AvgIpc) is 3.10. The molecule has 0 aliphatic heterocycles. The first-order chi connectivity index (χ1) is 23.1. The van der Waals surface area contributed by atoms with E-state index in [1.54, 1.807) is 36.4 Å². The zero-order chi connectivity index (χ0) is 34.8. The number of nitrogens with one attached hydrogen (secondary N) is 1. The highest BCUT2D eigenvalue weighted by molar-refractivity contribution is 7.92. The van der Waals surface area contributed by atoms with Crippen LogP contribution in [0.4, 0.5) is 5.69 Å². The van der Waals surface area contributed by atoms with Gasteiger partial charge in [0.15, 0.2) is 11.5 Å². The molecule has 3 aromatic carbocycles. The number of methoxy groups -OCH3 is 4. The molecule has 260 valence electrons. The lowest BCUT2D eigenvalue weighted by molar-refractivity contribution is -0.140. The van der Waals surface area contributed by atoms with Crippen LogP contribution >= 0.6 is 11.6 Å². The lowest BCUT2D eigenvalue weighted by Crippen LogP contribution is -2.54. The maximum Gasteiger partial charge on any atom is 0.265 e. The third-order valence-corrected chi connectivity index (χ3v) is 10.6. The van der Waals surface area contributed by atoms with Crippen molar-refractivity contribution in [3.05, 3.63) is 71.2 Å². The number of carbonyl (C=O) groups excluding carboxylic acids is 2. The van der Waals surface area contributed by atoms with E-state index < -0.39 is 28.5 Å². The van der Waals surface area contributed by atoms with Crippen molar-refractivity contribution in [2.24, 2.45) is 0 Å². The Hall–Kier alpha value is -4.16. The van der Waals surface area contributed by atoms with E-state index in [1.807, 2.05) is 6.92 Å². The Labute approximate surface area is 288 Å². The molecule has 0 unspecified atom stereocenters. The van der Waals surface area contributed by atoms with Gasteiger partial charge in [0, 0.05) is 29.7 Å². The molecule has 1 atom stereocenters. The van der Waals surface area contributed by atoms with E-state index in [2.05, 4.69) is 5.32 Å². The Kier molecular flexibility index (Phi) is 12.8. The molecule has 0 saturated heterocycles. The molecule has 0 bridgehead atoms.